The van der Waals surface area contributed by atoms with Gasteiger partial charge in [0.2, 0.25) is 0 Å². The van der Waals surface area contributed by atoms with Gasteiger partial charge in [0.15, 0.2) is 0 Å². The predicted octanol–water partition coefficient (Wildman–Crippen LogP) is 3.54. The van der Waals surface area contributed by atoms with Crippen molar-refractivity contribution >= 4 is 17.3 Å². The number of hydrazone groups is 1. The number of carbonyl (C=O) groups excluding carboxylic acids is 1. The zero-order valence-corrected chi connectivity index (χ0v) is 14.2. The highest BCUT2D eigenvalue weighted by atomic mass is 16.6. The molecule has 0 bridgehead atoms. The molecule has 0 unspecified atom stereocenters. The monoisotopic (exact) mass is 341 g/mol. The summed E-state index contributed by atoms with van der Waals surface area (Å²) in [6.45, 7) is 5.56. The van der Waals surface area contributed by atoms with E-state index in [1.165, 1.54) is 12.1 Å². The maximum Gasteiger partial charge on any atom is 0.271 e. The third-order valence-corrected chi connectivity index (χ3v) is 3.31. The van der Waals surface area contributed by atoms with Crippen LogP contribution in [-0.4, -0.2) is 22.6 Å². The number of rotatable bonds is 6. The van der Waals surface area contributed by atoms with Crippen LogP contribution in [0, 0.1) is 10.1 Å². The molecule has 0 heterocycles. The minimum absolute atomic E-state index is 0.00397. The summed E-state index contributed by atoms with van der Waals surface area (Å²) in [5.41, 5.74) is 4.16. The van der Waals surface area contributed by atoms with Gasteiger partial charge in [0, 0.05) is 17.7 Å². The molecule has 2 aromatic rings. The van der Waals surface area contributed by atoms with Crippen molar-refractivity contribution in [2.45, 2.75) is 26.9 Å². The number of hydrogen-bond donors (Lipinski definition) is 1. The summed E-state index contributed by atoms with van der Waals surface area (Å²) >= 11 is 0. The molecule has 0 aliphatic rings. The number of amides is 1. The second kappa shape index (κ2) is 8.05. The number of carbonyl (C=O) groups is 1. The molecule has 0 fully saturated rings. The topological polar surface area (TPSA) is 93.8 Å². The van der Waals surface area contributed by atoms with E-state index in [1.54, 1.807) is 43.3 Å². The third kappa shape index (κ3) is 5.13. The van der Waals surface area contributed by atoms with Crippen LogP contribution in [-0.2, 0) is 0 Å². The van der Waals surface area contributed by atoms with Crippen LogP contribution in [0.2, 0.25) is 0 Å². The summed E-state index contributed by atoms with van der Waals surface area (Å²) in [7, 11) is 0. The number of nitro groups is 1. The van der Waals surface area contributed by atoms with Crippen LogP contribution in [0.15, 0.2) is 53.6 Å². The first-order valence-corrected chi connectivity index (χ1v) is 7.73. The molecule has 0 aliphatic carbocycles. The zero-order valence-electron chi connectivity index (χ0n) is 14.2. The Morgan fingerprint density at radius 3 is 2.16 bits per heavy atom. The quantitative estimate of drug-likeness (QED) is 0.494. The molecule has 0 atom stereocenters. The molecule has 0 radical (unpaired) electrons. The molecule has 0 aromatic heterocycles. The summed E-state index contributed by atoms with van der Waals surface area (Å²) in [6, 6.07) is 12.7. The highest BCUT2D eigenvalue weighted by Crippen LogP contribution is 2.14. The van der Waals surface area contributed by atoms with Crippen LogP contribution in [0.5, 0.6) is 5.75 Å². The number of nitrogens with one attached hydrogen (secondary N) is 1. The van der Waals surface area contributed by atoms with Gasteiger partial charge < -0.3 is 4.74 Å². The van der Waals surface area contributed by atoms with Crippen molar-refractivity contribution in [2.75, 3.05) is 0 Å². The van der Waals surface area contributed by atoms with E-state index in [0.717, 1.165) is 0 Å². The van der Waals surface area contributed by atoms with Crippen LogP contribution in [0.25, 0.3) is 0 Å². The van der Waals surface area contributed by atoms with Gasteiger partial charge in [0.05, 0.1) is 16.7 Å². The normalized spacial score (nSPS) is 11.3. The van der Waals surface area contributed by atoms with Gasteiger partial charge in [-0.05, 0) is 62.7 Å². The van der Waals surface area contributed by atoms with Crippen molar-refractivity contribution in [3.05, 3.63) is 69.8 Å². The molecule has 0 aliphatic heterocycles. The van der Waals surface area contributed by atoms with E-state index < -0.39 is 4.92 Å². The van der Waals surface area contributed by atoms with Gasteiger partial charge in [-0.25, -0.2) is 5.43 Å². The first kappa shape index (κ1) is 18.1. The maximum absolute atomic E-state index is 12.1. The average Bonchev–Trinajstić information content (AvgIpc) is 2.59. The van der Waals surface area contributed by atoms with Gasteiger partial charge >= 0.3 is 0 Å². The fourth-order valence-electron chi connectivity index (χ4n) is 2.05. The Balaban J connectivity index is 2.02. The Hall–Kier alpha value is -3.22. The second-order valence-electron chi connectivity index (χ2n) is 5.63. The lowest BCUT2D eigenvalue weighted by atomic mass is 10.1. The first-order valence-electron chi connectivity index (χ1n) is 7.73. The lowest BCUT2D eigenvalue weighted by molar-refractivity contribution is -0.384. The molecule has 0 saturated heterocycles. The van der Waals surface area contributed by atoms with Crippen molar-refractivity contribution in [3.8, 4) is 5.75 Å². The van der Waals surface area contributed by atoms with Crippen molar-refractivity contribution in [1.29, 1.82) is 0 Å². The van der Waals surface area contributed by atoms with Gasteiger partial charge in [-0.15, -0.1) is 0 Å². The average molecular weight is 341 g/mol. The van der Waals surface area contributed by atoms with Crippen LogP contribution in [0.1, 0.15) is 36.7 Å². The van der Waals surface area contributed by atoms with Gasteiger partial charge in [-0.1, -0.05) is 0 Å². The van der Waals surface area contributed by atoms with Crippen LogP contribution in [0.3, 0.4) is 0 Å². The minimum Gasteiger partial charge on any atom is -0.491 e. The molecule has 7 heteroatoms. The molecule has 1 amide bonds. The maximum atomic E-state index is 12.1. The van der Waals surface area contributed by atoms with Gasteiger partial charge in [0.25, 0.3) is 11.6 Å². The Morgan fingerprint density at radius 2 is 1.64 bits per heavy atom. The summed E-state index contributed by atoms with van der Waals surface area (Å²) in [5, 5.41) is 14.7. The Morgan fingerprint density at radius 1 is 1.08 bits per heavy atom. The van der Waals surface area contributed by atoms with Gasteiger partial charge in [-0.3, -0.25) is 14.9 Å². The Kier molecular flexibility index (Phi) is 5.84. The molecule has 1 N–H and O–H groups in total. The van der Waals surface area contributed by atoms with E-state index in [9.17, 15) is 14.9 Å². The summed E-state index contributed by atoms with van der Waals surface area (Å²) in [6.07, 6.45) is 0.0635. The van der Waals surface area contributed by atoms with Crippen LogP contribution in [0.4, 0.5) is 5.69 Å². The molecule has 25 heavy (non-hydrogen) atoms. The zero-order chi connectivity index (χ0) is 18.4. The summed E-state index contributed by atoms with van der Waals surface area (Å²) < 4.78 is 5.52. The molecular weight excluding hydrogens is 322 g/mol. The number of nitro benzene ring substituents is 1. The fourth-order valence-corrected chi connectivity index (χ4v) is 2.05. The number of nitrogens with zero attached hydrogens (tertiary/aromatic N) is 2. The van der Waals surface area contributed by atoms with Crippen LogP contribution < -0.4 is 10.2 Å². The first-order chi connectivity index (χ1) is 11.9. The molecular formula is C18H19N3O4. The SMILES string of the molecule is C/C(=N/NC(=O)c1ccc(OC(C)C)cc1)c1ccc([N+](=O)[O-])cc1. The number of benzene rings is 2. The summed E-state index contributed by atoms with van der Waals surface area (Å²) in [5.74, 6) is 0.342. The van der Waals surface area contributed by atoms with Crippen molar-refractivity contribution in [3.63, 3.8) is 0 Å². The molecule has 0 spiro atoms. The predicted molar refractivity (Wildman–Crippen MR) is 95.0 cm³/mol. The Bertz CT molecular complexity index is 781. The van der Waals surface area contributed by atoms with E-state index >= 15 is 0 Å². The summed E-state index contributed by atoms with van der Waals surface area (Å²) in [4.78, 5) is 22.3. The van der Waals surface area contributed by atoms with E-state index in [4.69, 9.17) is 4.74 Å². The smallest absolute Gasteiger partial charge is 0.271 e. The number of non-ortho nitro benzene ring substituents is 1. The van der Waals surface area contributed by atoms with Crippen molar-refractivity contribution in [1.82, 2.24) is 5.43 Å². The molecule has 2 rings (SSSR count). The fraction of sp³-hybridized carbons (Fsp3) is 0.222. The minimum atomic E-state index is -0.468. The van der Waals surface area contributed by atoms with Crippen molar-refractivity contribution in [2.24, 2.45) is 5.10 Å². The van der Waals surface area contributed by atoms with E-state index in [0.29, 0.717) is 22.6 Å². The molecule has 2 aromatic carbocycles. The van der Waals surface area contributed by atoms with Gasteiger partial charge in [-0.2, -0.15) is 5.10 Å². The van der Waals surface area contributed by atoms with Crippen LogP contribution >= 0.6 is 0 Å². The molecule has 130 valence electrons. The second-order valence-corrected chi connectivity index (χ2v) is 5.63. The van der Waals surface area contributed by atoms with Gasteiger partial charge in [0.1, 0.15) is 5.75 Å². The molecule has 0 saturated carbocycles. The number of ether oxygens (including phenoxy) is 1. The molecule has 7 nitrogen and oxygen atoms in total. The van der Waals surface area contributed by atoms with Crippen molar-refractivity contribution < 1.29 is 14.5 Å². The largest absolute Gasteiger partial charge is 0.491 e. The lowest BCUT2D eigenvalue weighted by Gasteiger charge is -2.09. The number of hydrogen-bond acceptors (Lipinski definition) is 5. The van der Waals surface area contributed by atoms with E-state index in [1.807, 2.05) is 13.8 Å². The third-order valence-electron chi connectivity index (χ3n) is 3.31. The highest BCUT2D eigenvalue weighted by molar-refractivity contribution is 6.01. The standard InChI is InChI=1S/C18H19N3O4/c1-12(2)25-17-10-6-15(7-11-17)18(22)20-19-13(3)14-4-8-16(9-5-14)21(23)24/h4-12H,1-3H3,(H,20,22)/b19-13-. The Labute approximate surface area is 145 Å². The lowest BCUT2D eigenvalue weighted by Crippen LogP contribution is -2.19. The highest BCUT2D eigenvalue weighted by Gasteiger charge is 2.08. The van der Waals surface area contributed by atoms with E-state index in [-0.39, 0.29) is 17.7 Å². The van der Waals surface area contributed by atoms with E-state index in [2.05, 4.69) is 10.5 Å².